The molecule has 2 rings (SSSR count). The largest absolute Gasteiger partial charge is 0.244 e. The summed E-state index contributed by atoms with van der Waals surface area (Å²) in [6, 6.07) is 10.8. The average molecular weight is 297 g/mol. The molecule has 1 heterocycles. The van der Waals surface area contributed by atoms with E-state index in [-0.39, 0.29) is 0 Å². The Kier molecular flexibility index (Phi) is 7.21. The predicted octanol–water partition coefficient (Wildman–Crippen LogP) is 5.49. The summed E-state index contributed by atoms with van der Waals surface area (Å²) in [7, 11) is 0. The highest BCUT2D eigenvalue weighted by molar-refractivity contribution is 6.18. The third kappa shape index (κ3) is 5.32. The predicted molar refractivity (Wildman–Crippen MR) is 96.4 cm³/mol. The zero-order chi connectivity index (χ0) is 15.6. The van der Waals surface area contributed by atoms with Gasteiger partial charge in [0.05, 0.1) is 5.92 Å². The molecule has 2 unspecified atom stereocenters. The summed E-state index contributed by atoms with van der Waals surface area (Å²) in [6.07, 6.45) is 13.7. The van der Waals surface area contributed by atoms with Crippen molar-refractivity contribution < 1.29 is 0 Å². The molecule has 1 aliphatic heterocycles. The van der Waals surface area contributed by atoms with E-state index in [4.69, 9.17) is 0 Å². The number of nitrogens with zero attached hydrogens (tertiary/aromatic N) is 2. The highest BCUT2D eigenvalue weighted by Crippen LogP contribution is 2.33. The molecule has 1 aliphatic rings. The molecule has 2 nitrogen and oxygen atoms in total. The molecule has 0 spiro atoms. The quantitative estimate of drug-likeness (QED) is 0.403. The van der Waals surface area contributed by atoms with Crippen LogP contribution in [0.3, 0.4) is 0 Å². The summed E-state index contributed by atoms with van der Waals surface area (Å²) in [5.41, 5.74) is 1.41. The van der Waals surface area contributed by atoms with Crippen LogP contribution in [0.2, 0.25) is 0 Å². The summed E-state index contributed by atoms with van der Waals surface area (Å²) >= 11 is 0. The van der Waals surface area contributed by atoms with Gasteiger partial charge in [-0.25, -0.2) is 0 Å². The first-order valence-corrected chi connectivity index (χ1v) is 8.78. The van der Waals surface area contributed by atoms with E-state index in [1.54, 1.807) is 0 Å². The van der Waals surface area contributed by atoms with E-state index < -0.39 is 0 Å². The maximum Gasteiger partial charge on any atom is 0.244 e. The molecule has 2 atom stereocenters. The fraction of sp³-hybridized carbons (Fsp3) is 0.550. The molecule has 1 aromatic rings. The van der Waals surface area contributed by atoms with Gasteiger partial charge in [0.25, 0.3) is 0 Å². The summed E-state index contributed by atoms with van der Waals surface area (Å²) in [6.45, 7) is 4.61. The van der Waals surface area contributed by atoms with Crippen LogP contribution < -0.4 is 0 Å². The fourth-order valence-corrected chi connectivity index (χ4v) is 3.21. The van der Waals surface area contributed by atoms with E-state index in [2.05, 4.69) is 54.2 Å². The first kappa shape index (κ1) is 16.8. The summed E-state index contributed by atoms with van der Waals surface area (Å²) in [4.78, 5) is 8.97. The second-order valence-corrected chi connectivity index (χ2v) is 6.39. The molecule has 0 saturated heterocycles. The maximum absolute atomic E-state index is 4.48. The van der Waals surface area contributed by atoms with Gasteiger partial charge in [-0.2, -0.15) is 0 Å². The van der Waals surface area contributed by atoms with Crippen LogP contribution in [0, 0.1) is 18.0 Å². The van der Waals surface area contributed by atoms with Gasteiger partial charge in [0, 0.05) is 0 Å². The molecule has 0 bridgehead atoms. The van der Waals surface area contributed by atoms with Crippen molar-refractivity contribution in [2.45, 2.75) is 58.8 Å². The van der Waals surface area contributed by atoms with Crippen LogP contribution in [-0.2, 0) is 6.42 Å². The van der Waals surface area contributed by atoms with E-state index in [9.17, 15) is 0 Å². The zero-order valence-electron chi connectivity index (χ0n) is 14.0. The van der Waals surface area contributed by atoms with Crippen LogP contribution in [0.15, 0.2) is 40.3 Å². The Morgan fingerprint density at radius 3 is 2.32 bits per heavy atom. The Balaban J connectivity index is 1.88. The summed E-state index contributed by atoms with van der Waals surface area (Å²) < 4.78 is 0. The minimum absolute atomic E-state index is 0.483. The highest BCUT2D eigenvalue weighted by Gasteiger charge is 2.33. The summed E-state index contributed by atoms with van der Waals surface area (Å²) in [5, 5.41) is 0. The van der Waals surface area contributed by atoms with Crippen molar-refractivity contribution in [3.8, 4) is 0 Å². The average Bonchev–Trinajstić information content (AvgIpc) is 3.05. The van der Waals surface area contributed by atoms with E-state index >= 15 is 0 Å². The number of hydrogen-bond acceptors (Lipinski definition) is 2. The van der Waals surface area contributed by atoms with Gasteiger partial charge in [-0.15, -0.1) is 0 Å². The molecular formula is C20H29N2+. The van der Waals surface area contributed by atoms with Crippen molar-refractivity contribution in [2.75, 3.05) is 0 Å². The van der Waals surface area contributed by atoms with Gasteiger partial charge >= 0.3 is 0 Å². The maximum atomic E-state index is 4.48. The van der Waals surface area contributed by atoms with E-state index in [0.29, 0.717) is 11.8 Å². The zero-order valence-corrected chi connectivity index (χ0v) is 14.0. The van der Waals surface area contributed by atoms with Gasteiger partial charge < -0.3 is 0 Å². The third-order valence-electron chi connectivity index (χ3n) is 4.52. The molecule has 0 N–H and O–H groups in total. The summed E-state index contributed by atoms with van der Waals surface area (Å²) in [5.74, 6) is 1.06. The molecule has 22 heavy (non-hydrogen) atoms. The normalized spacial score (nSPS) is 16.2. The van der Waals surface area contributed by atoms with E-state index in [1.807, 2.05) is 12.4 Å². The van der Waals surface area contributed by atoms with Gasteiger partial charge in [-0.1, -0.05) is 86.3 Å². The van der Waals surface area contributed by atoms with Gasteiger partial charge in [0.2, 0.25) is 6.17 Å². The molecule has 118 valence electrons. The molecule has 1 aromatic carbocycles. The van der Waals surface area contributed by atoms with Gasteiger partial charge in [-0.3, -0.25) is 0 Å². The molecule has 0 fully saturated rings. The van der Waals surface area contributed by atoms with Crippen molar-refractivity contribution >= 4 is 12.4 Å². The Hall–Kier alpha value is -1.57. The lowest BCUT2D eigenvalue weighted by Gasteiger charge is -2.22. The van der Waals surface area contributed by atoms with E-state index in [0.717, 1.165) is 12.6 Å². The number of aliphatic imine (C=N–C) groups is 2. The van der Waals surface area contributed by atoms with Crippen LogP contribution in [-0.4, -0.2) is 12.4 Å². The van der Waals surface area contributed by atoms with Gasteiger partial charge in [0.15, 0.2) is 12.4 Å². The lowest BCUT2D eigenvalue weighted by atomic mass is 9.83. The number of rotatable bonds is 10. The Morgan fingerprint density at radius 2 is 1.64 bits per heavy atom. The number of unbranched alkanes of at least 4 members (excludes halogenated alkanes) is 4. The van der Waals surface area contributed by atoms with Crippen LogP contribution >= 0.6 is 0 Å². The highest BCUT2D eigenvalue weighted by atomic mass is 15.0. The molecule has 2 heteroatoms. The molecule has 0 aliphatic carbocycles. The standard InChI is InChI=1S/C20H29N2/c1-3-4-5-6-10-13-19(20-21-14-15-22-20)17(2)16-18-11-8-7-9-12-18/h7-9,11-12,14-15,17,19H,3-6,10,13,16H2,1-2H3/q+1. The van der Waals surface area contributed by atoms with Crippen molar-refractivity contribution in [2.24, 2.45) is 21.8 Å². The van der Waals surface area contributed by atoms with Crippen molar-refractivity contribution in [3.63, 3.8) is 0 Å². The fourth-order valence-electron chi connectivity index (χ4n) is 3.21. The van der Waals surface area contributed by atoms with Crippen molar-refractivity contribution in [3.05, 3.63) is 42.1 Å². The SMILES string of the molecule is CCCCCCCC([C+]1N=CC=N1)C(C)Cc1ccccc1. The second kappa shape index (κ2) is 9.45. The van der Waals surface area contributed by atoms with Crippen LogP contribution in [0.4, 0.5) is 0 Å². The minimum atomic E-state index is 0.483. The van der Waals surface area contributed by atoms with E-state index in [1.165, 1.54) is 44.1 Å². The molecular weight excluding hydrogens is 268 g/mol. The lowest BCUT2D eigenvalue weighted by Crippen LogP contribution is -2.19. The monoisotopic (exact) mass is 297 g/mol. The van der Waals surface area contributed by atoms with Crippen LogP contribution in [0.5, 0.6) is 0 Å². The Labute approximate surface area is 135 Å². The van der Waals surface area contributed by atoms with Crippen molar-refractivity contribution in [1.82, 2.24) is 0 Å². The number of hydrogen-bond donors (Lipinski definition) is 0. The minimum Gasteiger partial charge on any atom is -0.0965 e. The molecule has 0 radical (unpaired) electrons. The Bertz CT molecular complexity index is 452. The number of benzene rings is 1. The van der Waals surface area contributed by atoms with Crippen LogP contribution in [0.1, 0.15) is 57.9 Å². The second-order valence-electron chi connectivity index (χ2n) is 6.39. The molecule has 0 amide bonds. The van der Waals surface area contributed by atoms with Gasteiger partial charge in [0.1, 0.15) is 0 Å². The first-order valence-electron chi connectivity index (χ1n) is 8.78. The third-order valence-corrected chi connectivity index (χ3v) is 4.52. The lowest BCUT2D eigenvalue weighted by molar-refractivity contribution is 0.331. The first-order chi connectivity index (χ1) is 10.8. The van der Waals surface area contributed by atoms with Gasteiger partial charge in [-0.05, 0) is 24.3 Å². The topological polar surface area (TPSA) is 24.7 Å². The molecule has 0 saturated carbocycles. The molecule has 0 aromatic heterocycles. The Morgan fingerprint density at radius 1 is 0.955 bits per heavy atom. The smallest absolute Gasteiger partial charge is 0.0965 e. The van der Waals surface area contributed by atoms with Crippen LogP contribution in [0.25, 0.3) is 0 Å². The van der Waals surface area contributed by atoms with Crippen molar-refractivity contribution in [1.29, 1.82) is 0 Å².